The zero-order chi connectivity index (χ0) is 13.1. The van der Waals surface area contributed by atoms with Gasteiger partial charge < -0.3 is 15.6 Å². The Kier molecular flexibility index (Phi) is 3.75. The topological polar surface area (TPSA) is 72.5 Å². The van der Waals surface area contributed by atoms with Crippen molar-refractivity contribution >= 4 is 11.7 Å². The molecule has 3 N–H and O–H groups in total. The van der Waals surface area contributed by atoms with Crippen molar-refractivity contribution < 1.29 is 14.6 Å². The summed E-state index contributed by atoms with van der Waals surface area (Å²) in [6.45, 7) is 2.26. The van der Waals surface area contributed by atoms with Crippen LogP contribution in [0.15, 0.2) is 18.2 Å². The first-order valence-electron chi connectivity index (χ1n) is 6.35. The van der Waals surface area contributed by atoms with E-state index in [1.165, 1.54) is 18.9 Å². The highest BCUT2D eigenvalue weighted by Crippen LogP contribution is 2.28. The number of aromatic carboxylic acids is 1. The average Bonchev–Trinajstić information content (AvgIpc) is 2.32. The Morgan fingerprint density at radius 3 is 2.56 bits per heavy atom. The maximum Gasteiger partial charge on any atom is 0.337 e. The fraction of sp³-hybridized carbons (Fsp3) is 0.500. The molecule has 0 aromatic heterocycles. The lowest BCUT2D eigenvalue weighted by Gasteiger charge is -2.27. The maximum absolute atomic E-state index is 10.8. The molecular formula is C14H19NO3. The van der Waals surface area contributed by atoms with Gasteiger partial charge in [0.1, 0.15) is 5.75 Å². The van der Waals surface area contributed by atoms with E-state index in [4.69, 9.17) is 15.6 Å². The van der Waals surface area contributed by atoms with E-state index in [1.54, 1.807) is 12.1 Å². The van der Waals surface area contributed by atoms with E-state index in [1.807, 2.05) is 0 Å². The first-order chi connectivity index (χ1) is 8.56. The third-order valence-corrected chi connectivity index (χ3v) is 3.52. The summed E-state index contributed by atoms with van der Waals surface area (Å²) in [6, 6.07) is 4.78. The van der Waals surface area contributed by atoms with Crippen molar-refractivity contribution in [3.05, 3.63) is 23.8 Å². The van der Waals surface area contributed by atoms with Crippen LogP contribution in [-0.4, -0.2) is 17.2 Å². The number of carbonyl (C=O) groups is 1. The molecule has 0 aliphatic heterocycles. The molecule has 98 valence electrons. The standard InChI is InChI=1S/C14H19NO3/c1-9-2-4-10(5-3-9)18-11-6-7-12(14(16)17)13(15)8-11/h6-10H,2-5,15H2,1H3,(H,16,17). The molecule has 18 heavy (non-hydrogen) atoms. The van der Waals surface area contributed by atoms with Crippen LogP contribution in [-0.2, 0) is 0 Å². The zero-order valence-electron chi connectivity index (χ0n) is 10.6. The number of ether oxygens (including phenoxy) is 1. The quantitative estimate of drug-likeness (QED) is 0.808. The highest BCUT2D eigenvalue weighted by Gasteiger charge is 2.20. The van der Waals surface area contributed by atoms with E-state index in [0.29, 0.717) is 5.75 Å². The number of carboxylic acids is 1. The molecule has 4 nitrogen and oxygen atoms in total. The van der Waals surface area contributed by atoms with Crippen molar-refractivity contribution in [2.75, 3.05) is 5.73 Å². The predicted octanol–water partition coefficient (Wildman–Crippen LogP) is 2.92. The maximum atomic E-state index is 10.8. The molecule has 1 aromatic rings. The van der Waals surface area contributed by atoms with Crippen molar-refractivity contribution in [1.82, 2.24) is 0 Å². The number of anilines is 1. The summed E-state index contributed by atoms with van der Waals surface area (Å²) >= 11 is 0. The van der Waals surface area contributed by atoms with Crippen LogP contribution in [0.4, 0.5) is 5.69 Å². The second-order valence-electron chi connectivity index (χ2n) is 5.05. The molecule has 0 radical (unpaired) electrons. The van der Waals surface area contributed by atoms with Gasteiger partial charge in [0.2, 0.25) is 0 Å². The molecule has 1 saturated carbocycles. The predicted molar refractivity (Wildman–Crippen MR) is 69.9 cm³/mol. The second kappa shape index (κ2) is 5.29. The minimum atomic E-state index is -1.01. The van der Waals surface area contributed by atoms with E-state index in [9.17, 15) is 4.79 Å². The molecule has 4 heteroatoms. The van der Waals surface area contributed by atoms with Gasteiger partial charge in [-0.2, -0.15) is 0 Å². The third-order valence-electron chi connectivity index (χ3n) is 3.52. The molecule has 0 saturated heterocycles. The molecule has 0 atom stereocenters. The Bertz CT molecular complexity index is 437. The van der Waals surface area contributed by atoms with Gasteiger partial charge in [0.15, 0.2) is 0 Å². The van der Waals surface area contributed by atoms with Crippen LogP contribution in [0.1, 0.15) is 43.0 Å². The van der Waals surface area contributed by atoms with Crippen molar-refractivity contribution in [1.29, 1.82) is 0 Å². The molecule has 0 bridgehead atoms. The number of nitrogens with two attached hydrogens (primary N) is 1. The average molecular weight is 249 g/mol. The molecular weight excluding hydrogens is 230 g/mol. The van der Waals surface area contributed by atoms with E-state index < -0.39 is 5.97 Å². The fourth-order valence-corrected chi connectivity index (χ4v) is 2.35. The minimum absolute atomic E-state index is 0.125. The molecule has 1 aliphatic rings. The molecule has 0 unspecified atom stereocenters. The normalized spacial score (nSPS) is 23.6. The van der Waals surface area contributed by atoms with Crippen molar-refractivity contribution in [2.24, 2.45) is 5.92 Å². The van der Waals surface area contributed by atoms with Crippen LogP contribution in [0.25, 0.3) is 0 Å². The van der Waals surface area contributed by atoms with Gasteiger partial charge >= 0.3 is 5.97 Å². The van der Waals surface area contributed by atoms with E-state index in [2.05, 4.69) is 6.92 Å². The van der Waals surface area contributed by atoms with Gasteiger partial charge in [-0.15, -0.1) is 0 Å². The van der Waals surface area contributed by atoms with E-state index >= 15 is 0 Å². The lowest BCUT2D eigenvalue weighted by atomic mass is 9.89. The summed E-state index contributed by atoms with van der Waals surface area (Å²) < 4.78 is 5.85. The molecule has 2 rings (SSSR count). The minimum Gasteiger partial charge on any atom is -0.490 e. The summed E-state index contributed by atoms with van der Waals surface area (Å²) in [4.78, 5) is 10.8. The number of hydrogen-bond acceptors (Lipinski definition) is 3. The number of benzene rings is 1. The number of hydrogen-bond donors (Lipinski definition) is 2. The van der Waals surface area contributed by atoms with E-state index in [0.717, 1.165) is 18.8 Å². The summed E-state index contributed by atoms with van der Waals surface area (Å²) in [5.41, 5.74) is 6.07. The van der Waals surface area contributed by atoms with Crippen molar-refractivity contribution in [3.8, 4) is 5.75 Å². The van der Waals surface area contributed by atoms with Gasteiger partial charge in [-0.25, -0.2) is 4.79 Å². The van der Waals surface area contributed by atoms with Gasteiger partial charge in [0, 0.05) is 11.8 Å². The highest BCUT2D eigenvalue weighted by atomic mass is 16.5. The van der Waals surface area contributed by atoms with Crippen molar-refractivity contribution in [2.45, 2.75) is 38.7 Å². The van der Waals surface area contributed by atoms with Crippen molar-refractivity contribution in [3.63, 3.8) is 0 Å². The summed E-state index contributed by atoms with van der Waals surface area (Å²) in [6.07, 6.45) is 4.72. The zero-order valence-corrected chi connectivity index (χ0v) is 10.6. The van der Waals surface area contributed by atoms with Crippen LogP contribution in [0.5, 0.6) is 5.75 Å². The van der Waals surface area contributed by atoms with Crippen LogP contribution < -0.4 is 10.5 Å². The first kappa shape index (κ1) is 12.7. The number of rotatable bonds is 3. The summed E-state index contributed by atoms with van der Waals surface area (Å²) in [5.74, 6) is 0.437. The molecule has 1 aromatic carbocycles. The molecule has 1 aliphatic carbocycles. The van der Waals surface area contributed by atoms with Crippen LogP contribution in [0.2, 0.25) is 0 Å². The third kappa shape index (κ3) is 2.94. The van der Waals surface area contributed by atoms with Gasteiger partial charge in [0.25, 0.3) is 0 Å². The van der Waals surface area contributed by atoms with Gasteiger partial charge in [-0.05, 0) is 43.7 Å². The van der Waals surface area contributed by atoms with E-state index in [-0.39, 0.29) is 17.4 Å². The molecule has 0 heterocycles. The lowest BCUT2D eigenvalue weighted by Crippen LogP contribution is -2.23. The fourth-order valence-electron chi connectivity index (χ4n) is 2.35. The first-order valence-corrected chi connectivity index (χ1v) is 6.35. The molecule has 1 fully saturated rings. The largest absolute Gasteiger partial charge is 0.490 e. The number of nitrogen functional groups attached to an aromatic ring is 1. The molecule has 0 amide bonds. The molecule has 0 spiro atoms. The summed E-state index contributed by atoms with van der Waals surface area (Å²) in [7, 11) is 0. The highest BCUT2D eigenvalue weighted by molar-refractivity contribution is 5.93. The van der Waals surface area contributed by atoms with Crippen LogP contribution in [0.3, 0.4) is 0 Å². The van der Waals surface area contributed by atoms with Gasteiger partial charge in [0.05, 0.1) is 11.7 Å². The monoisotopic (exact) mass is 249 g/mol. The second-order valence-corrected chi connectivity index (χ2v) is 5.05. The smallest absolute Gasteiger partial charge is 0.337 e. The van der Waals surface area contributed by atoms with Gasteiger partial charge in [-0.3, -0.25) is 0 Å². The SMILES string of the molecule is CC1CCC(Oc2ccc(C(=O)O)c(N)c2)CC1. The Morgan fingerprint density at radius 1 is 1.33 bits per heavy atom. The lowest BCUT2D eigenvalue weighted by molar-refractivity contribution is 0.0698. The Labute approximate surface area is 107 Å². The summed E-state index contributed by atoms with van der Waals surface area (Å²) in [5, 5.41) is 8.89. The Balaban J connectivity index is 2.02. The Hall–Kier alpha value is -1.71. The van der Waals surface area contributed by atoms with Gasteiger partial charge in [-0.1, -0.05) is 6.92 Å². The Morgan fingerprint density at radius 2 is 2.00 bits per heavy atom. The van der Waals surface area contributed by atoms with Crippen LogP contribution >= 0.6 is 0 Å². The van der Waals surface area contributed by atoms with Crippen LogP contribution in [0, 0.1) is 5.92 Å². The number of carboxylic acid groups (broad SMARTS) is 1.